The maximum absolute atomic E-state index is 13.7. The molecule has 1 fully saturated rings. The second kappa shape index (κ2) is 16.0. The number of nitrogens with zero attached hydrogens (tertiary/aromatic N) is 1. The van der Waals surface area contributed by atoms with Gasteiger partial charge in [0, 0.05) is 19.0 Å². The number of hydrogen-bond donors (Lipinski definition) is 4. The largest absolute Gasteiger partial charge is 0.480 e. The van der Waals surface area contributed by atoms with Gasteiger partial charge in [0.2, 0.25) is 11.8 Å². The van der Waals surface area contributed by atoms with Gasteiger partial charge in [-0.3, -0.25) is 9.59 Å². The number of carbonyl (C=O) groups is 5. The van der Waals surface area contributed by atoms with Gasteiger partial charge in [0.1, 0.15) is 30.3 Å². The summed E-state index contributed by atoms with van der Waals surface area (Å²) in [5.74, 6) is -2.64. The Hall–Kier alpha value is -4.61. The van der Waals surface area contributed by atoms with Crippen molar-refractivity contribution in [1.82, 2.24) is 20.9 Å². The SMILES string of the molecule is CC(C)[C@@H](NC(=O)[C@H](CCCCNC(=O)OC(C)(C)C)NC(=O)OCC1c2ccccc2-c2ccccc21)C(=O)N1CCC[C@H]1C(=O)O. The lowest BCUT2D eigenvalue weighted by molar-refractivity contribution is -0.150. The zero-order chi connectivity index (χ0) is 35.0. The van der Waals surface area contributed by atoms with Gasteiger partial charge in [0.05, 0.1) is 0 Å². The molecule has 1 aliphatic heterocycles. The highest BCUT2D eigenvalue weighted by Gasteiger charge is 2.39. The first kappa shape index (κ1) is 36.2. The summed E-state index contributed by atoms with van der Waals surface area (Å²) in [4.78, 5) is 65.5. The lowest BCUT2D eigenvalue weighted by Crippen LogP contribution is -2.57. The number of unbranched alkanes of at least 4 members (excludes halogenated alkanes) is 1. The number of likely N-dealkylation sites (tertiary alicyclic amines) is 1. The van der Waals surface area contributed by atoms with E-state index in [0.717, 1.165) is 22.3 Å². The van der Waals surface area contributed by atoms with Crippen LogP contribution < -0.4 is 16.0 Å². The lowest BCUT2D eigenvalue weighted by Gasteiger charge is -2.30. The van der Waals surface area contributed by atoms with Gasteiger partial charge in [-0.25, -0.2) is 14.4 Å². The fourth-order valence-corrected chi connectivity index (χ4v) is 6.26. The van der Waals surface area contributed by atoms with E-state index in [1.807, 2.05) is 48.5 Å². The molecule has 4 rings (SSSR count). The quantitative estimate of drug-likeness (QED) is 0.222. The van der Waals surface area contributed by atoms with Crippen LogP contribution in [0.5, 0.6) is 0 Å². The van der Waals surface area contributed by atoms with Gasteiger partial charge < -0.3 is 35.4 Å². The number of aliphatic carboxylic acids is 1. The van der Waals surface area contributed by atoms with E-state index in [4.69, 9.17) is 9.47 Å². The molecule has 1 heterocycles. The summed E-state index contributed by atoms with van der Waals surface area (Å²) < 4.78 is 11.0. The van der Waals surface area contributed by atoms with Crippen LogP contribution in [0.1, 0.15) is 83.8 Å². The minimum Gasteiger partial charge on any atom is -0.480 e. The number of amides is 4. The first-order chi connectivity index (χ1) is 22.8. The van der Waals surface area contributed by atoms with Crippen LogP contribution in [0.3, 0.4) is 0 Å². The van der Waals surface area contributed by atoms with Crippen molar-refractivity contribution < 1.29 is 38.6 Å². The van der Waals surface area contributed by atoms with Gasteiger partial charge in [-0.05, 0) is 81.0 Å². The number of alkyl carbamates (subject to hydrolysis) is 2. The number of hydrogen-bond acceptors (Lipinski definition) is 7. The second-order valence-corrected chi connectivity index (χ2v) is 13.7. The van der Waals surface area contributed by atoms with Crippen molar-refractivity contribution in [1.29, 1.82) is 0 Å². The Morgan fingerprint density at radius 1 is 0.917 bits per heavy atom. The summed E-state index contributed by atoms with van der Waals surface area (Å²) >= 11 is 0. The zero-order valence-corrected chi connectivity index (χ0v) is 28.4. The first-order valence-corrected chi connectivity index (χ1v) is 16.7. The summed E-state index contributed by atoms with van der Waals surface area (Å²) in [5, 5.41) is 17.8. The van der Waals surface area contributed by atoms with Crippen molar-refractivity contribution in [3.63, 3.8) is 0 Å². The van der Waals surface area contributed by atoms with Crippen molar-refractivity contribution in [2.24, 2.45) is 5.92 Å². The van der Waals surface area contributed by atoms with Gasteiger partial charge in [0.15, 0.2) is 0 Å². The van der Waals surface area contributed by atoms with Crippen LogP contribution in [0, 0.1) is 5.92 Å². The monoisotopic (exact) mass is 664 g/mol. The maximum atomic E-state index is 13.7. The third kappa shape index (κ3) is 9.26. The Labute approximate surface area is 281 Å². The van der Waals surface area contributed by atoms with Crippen LogP contribution in [0.25, 0.3) is 11.1 Å². The second-order valence-electron chi connectivity index (χ2n) is 13.7. The first-order valence-electron chi connectivity index (χ1n) is 16.7. The topological polar surface area (TPSA) is 163 Å². The van der Waals surface area contributed by atoms with E-state index in [1.54, 1.807) is 34.6 Å². The molecule has 4 amide bonds. The molecule has 12 nitrogen and oxygen atoms in total. The third-order valence-electron chi connectivity index (χ3n) is 8.59. The minimum absolute atomic E-state index is 0.0622. The van der Waals surface area contributed by atoms with E-state index in [0.29, 0.717) is 38.8 Å². The molecule has 3 atom stereocenters. The number of nitrogens with one attached hydrogen (secondary N) is 3. The number of carbonyl (C=O) groups excluding carboxylic acids is 4. The summed E-state index contributed by atoms with van der Waals surface area (Å²) in [7, 11) is 0. The molecule has 2 aliphatic rings. The highest BCUT2D eigenvalue weighted by molar-refractivity contribution is 5.93. The highest BCUT2D eigenvalue weighted by Crippen LogP contribution is 2.44. The number of fused-ring (bicyclic) bond motifs is 3. The van der Waals surface area contributed by atoms with E-state index in [9.17, 15) is 29.1 Å². The Balaban J connectivity index is 1.42. The Bertz CT molecular complexity index is 1440. The number of benzene rings is 2. The van der Waals surface area contributed by atoms with Gasteiger partial charge in [-0.15, -0.1) is 0 Å². The maximum Gasteiger partial charge on any atom is 0.407 e. The van der Waals surface area contributed by atoms with E-state index in [-0.39, 0.29) is 24.9 Å². The van der Waals surface area contributed by atoms with Crippen molar-refractivity contribution >= 4 is 30.0 Å². The summed E-state index contributed by atoms with van der Waals surface area (Å²) in [5.41, 5.74) is 3.65. The molecule has 12 heteroatoms. The summed E-state index contributed by atoms with van der Waals surface area (Å²) in [6.45, 7) is 9.50. The van der Waals surface area contributed by atoms with Gasteiger partial charge in [-0.1, -0.05) is 62.4 Å². The molecule has 0 unspecified atom stereocenters. The van der Waals surface area contributed by atoms with E-state index in [2.05, 4.69) is 16.0 Å². The van der Waals surface area contributed by atoms with Gasteiger partial charge in [-0.2, -0.15) is 0 Å². The van der Waals surface area contributed by atoms with Crippen molar-refractivity contribution in [2.75, 3.05) is 19.7 Å². The van der Waals surface area contributed by atoms with Gasteiger partial charge >= 0.3 is 18.2 Å². The molecule has 48 heavy (non-hydrogen) atoms. The van der Waals surface area contributed by atoms with Crippen LogP contribution in [0.15, 0.2) is 48.5 Å². The Morgan fingerprint density at radius 3 is 2.12 bits per heavy atom. The van der Waals surface area contributed by atoms with Crippen LogP contribution in [0.2, 0.25) is 0 Å². The summed E-state index contributed by atoms with van der Waals surface area (Å²) in [6.07, 6.45) is 0.733. The highest BCUT2D eigenvalue weighted by atomic mass is 16.6. The van der Waals surface area contributed by atoms with Gasteiger partial charge in [0.25, 0.3) is 0 Å². The molecular weight excluding hydrogens is 616 g/mol. The van der Waals surface area contributed by atoms with Crippen LogP contribution >= 0.6 is 0 Å². The zero-order valence-electron chi connectivity index (χ0n) is 28.4. The molecule has 260 valence electrons. The predicted octanol–water partition coefficient (Wildman–Crippen LogP) is 4.81. The standard InChI is InChI=1S/C36H48N4O8/c1-22(2)30(32(42)40-20-12-18-29(40)33(43)44)39-31(41)28(17-10-11-19-37-34(45)48-36(3,4)5)38-35(46)47-21-27-25-15-8-6-13-23(25)24-14-7-9-16-26(24)27/h6-9,13-16,22,27-30H,10-12,17-21H2,1-5H3,(H,37,45)(H,38,46)(H,39,41)(H,43,44)/t28-,29-,30+/m0/s1. The van der Waals surface area contributed by atoms with E-state index >= 15 is 0 Å². The average molecular weight is 665 g/mol. The normalized spacial score (nSPS) is 16.8. The number of carboxylic acid groups (broad SMARTS) is 1. The number of rotatable bonds is 13. The smallest absolute Gasteiger partial charge is 0.407 e. The molecule has 0 aromatic heterocycles. The third-order valence-corrected chi connectivity index (χ3v) is 8.59. The van der Waals surface area contributed by atoms with Crippen molar-refractivity contribution in [3.05, 3.63) is 59.7 Å². The van der Waals surface area contributed by atoms with Crippen LogP contribution in [0.4, 0.5) is 9.59 Å². The minimum atomic E-state index is -1.08. The molecule has 0 radical (unpaired) electrons. The molecule has 0 spiro atoms. The molecule has 0 bridgehead atoms. The average Bonchev–Trinajstić information content (AvgIpc) is 3.64. The summed E-state index contributed by atoms with van der Waals surface area (Å²) in [6, 6.07) is 13.0. The van der Waals surface area contributed by atoms with Crippen molar-refractivity contribution in [3.8, 4) is 11.1 Å². The lowest BCUT2D eigenvalue weighted by atomic mass is 9.98. The molecular formula is C36H48N4O8. The molecule has 0 saturated carbocycles. The fourth-order valence-electron chi connectivity index (χ4n) is 6.26. The Morgan fingerprint density at radius 2 is 1.54 bits per heavy atom. The number of carboxylic acids is 1. The van der Waals surface area contributed by atoms with E-state index in [1.165, 1.54) is 4.90 Å². The number of ether oxygens (including phenoxy) is 2. The molecule has 1 saturated heterocycles. The van der Waals surface area contributed by atoms with E-state index < -0.39 is 53.7 Å². The predicted molar refractivity (Wildman–Crippen MR) is 179 cm³/mol. The Kier molecular flexibility index (Phi) is 12.1. The molecule has 1 aliphatic carbocycles. The van der Waals surface area contributed by atoms with Crippen LogP contribution in [-0.2, 0) is 23.9 Å². The molecule has 2 aromatic carbocycles. The fraction of sp³-hybridized carbons (Fsp3) is 0.528. The molecule has 2 aromatic rings. The van der Waals surface area contributed by atoms with Crippen LogP contribution in [-0.4, -0.2) is 83.4 Å². The van der Waals surface area contributed by atoms with Crippen molar-refractivity contribution in [2.45, 2.75) is 96.4 Å². The molecule has 4 N–H and O–H groups in total.